The molecule has 19 heavy (non-hydrogen) atoms. The van der Waals surface area contributed by atoms with Crippen molar-refractivity contribution in [2.75, 3.05) is 14.2 Å². The van der Waals surface area contributed by atoms with E-state index in [4.69, 9.17) is 9.47 Å². The number of nitrogens with zero attached hydrogens (tertiary/aromatic N) is 2. The Kier molecular flexibility index (Phi) is 4.06. The number of rotatable bonds is 5. The molecule has 102 valence electrons. The molecule has 0 aliphatic heterocycles. The van der Waals surface area contributed by atoms with Crippen LogP contribution in [0.4, 0.5) is 0 Å². The number of imidazole rings is 1. The molecule has 1 aromatic carbocycles. The third-order valence-electron chi connectivity index (χ3n) is 3.06. The Morgan fingerprint density at radius 1 is 1.26 bits per heavy atom. The molecule has 1 N–H and O–H groups in total. The maximum Gasteiger partial charge on any atom is 0.161 e. The third kappa shape index (κ3) is 2.56. The molecule has 0 saturated heterocycles. The predicted molar refractivity (Wildman–Crippen MR) is 71.5 cm³/mol. The zero-order valence-corrected chi connectivity index (χ0v) is 11.3. The molecular formula is C14H18N2O3. The largest absolute Gasteiger partial charge is 0.493 e. The van der Waals surface area contributed by atoms with Gasteiger partial charge < -0.3 is 19.1 Å². The van der Waals surface area contributed by atoms with Gasteiger partial charge in [0.25, 0.3) is 0 Å². The Morgan fingerprint density at radius 3 is 2.63 bits per heavy atom. The Labute approximate surface area is 112 Å². The molecule has 1 heterocycles. The van der Waals surface area contributed by atoms with Crippen LogP contribution in [0.5, 0.6) is 11.5 Å². The second-order valence-corrected chi connectivity index (χ2v) is 4.09. The van der Waals surface area contributed by atoms with Gasteiger partial charge in [-0.05, 0) is 24.6 Å². The molecule has 1 atom stereocenters. The number of hydrogen-bond acceptors (Lipinski definition) is 4. The summed E-state index contributed by atoms with van der Waals surface area (Å²) in [5.41, 5.74) is 0.721. The van der Waals surface area contributed by atoms with Crippen LogP contribution in [-0.4, -0.2) is 28.9 Å². The number of aliphatic hydroxyl groups is 1. The summed E-state index contributed by atoms with van der Waals surface area (Å²) < 4.78 is 12.3. The highest BCUT2D eigenvalue weighted by Crippen LogP contribution is 2.31. The Balaban J connectivity index is 2.36. The highest BCUT2D eigenvalue weighted by atomic mass is 16.5. The molecule has 0 saturated carbocycles. The number of ether oxygens (including phenoxy) is 2. The van der Waals surface area contributed by atoms with E-state index in [-0.39, 0.29) is 0 Å². The normalized spacial score (nSPS) is 12.2. The van der Waals surface area contributed by atoms with Gasteiger partial charge in [0.05, 0.1) is 14.2 Å². The van der Waals surface area contributed by atoms with Crippen LogP contribution < -0.4 is 9.47 Å². The van der Waals surface area contributed by atoms with E-state index in [1.165, 1.54) is 0 Å². The lowest BCUT2D eigenvalue weighted by molar-refractivity contribution is 0.204. The summed E-state index contributed by atoms with van der Waals surface area (Å²) in [6, 6.07) is 5.34. The average molecular weight is 262 g/mol. The van der Waals surface area contributed by atoms with Crippen LogP contribution in [0.3, 0.4) is 0 Å². The minimum absolute atomic E-state index is 0.591. The van der Waals surface area contributed by atoms with E-state index in [2.05, 4.69) is 4.98 Å². The van der Waals surface area contributed by atoms with Gasteiger partial charge in [0.2, 0.25) is 0 Å². The van der Waals surface area contributed by atoms with Crippen molar-refractivity contribution in [3.63, 3.8) is 0 Å². The fourth-order valence-corrected chi connectivity index (χ4v) is 2.01. The number of methoxy groups -OCH3 is 2. The second-order valence-electron chi connectivity index (χ2n) is 4.09. The van der Waals surface area contributed by atoms with Gasteiger partial charge in [-0.3, -0.25) is 0 Å². The summed E-state index contributed by atoms with van der Waals surface area (Å²) in [6.07, 6.45) is 2.75. The quantitative estimate of drug-likeness (QED) is 0.895. The molecule has 5 heteroatoms. The fourth-order valence-electron chi connectivity index (χ4n) is 2.01. The average Bonchev–Trinajstić information content (AvgIpc) is 2.94. The summed E-state index contributed by atoms with van der Waals surface area (Å²) in [6.45, 7) is 2.77. The molecule has 2 rings (SSSR count). The van der Waals surface area contributed by atoms with E-state index in [1.807, 2.05) is 17.7 Å². The van der Waals surface area contributed by atoms with Gasteiger partial charge in [0.1, 0.15) is 11.9 Å². The third-order valence-corrected chi connectivity index (χ3v) is 3.06. The molecule has 0 fully saturated rings. The molecule has 0 unspecified atom stereocenters. The van der Waals surface area contributed by atoms with Crippen LogP contribution in [0, 0.1) is 0 Å². The van der Waals surface area contributed by atoms with E-state index in [1.54, 1.807) is 38.6 Å². The van der Waals surface area contributed by atoms with Gasteiger partial charge in [-0.25, -0.2) is 4.98 Å². The lowest BCUT2D eigenvalue weighted by Gasteiger charge is -2.15. The zero-order valence-electron chi connectivity index (χ0n) is 11.3. The summed E-state index contributed by atoms with van der Waals surface area (Å²) in [5.74, 6) is 1.85. The monoisotopic (exact) mass is 262 g/mol. The lowest BCUT2D eigenvalue weighted by atomic mass is 10.1. The van der Waals surface area contributed by atoms with Crippen molar-refractivity contribution in [2.45, 2.75) is 19.6 Å². The number of benzene rings is 1. The lowest BCUT2D eigenvalue weighted by Crippen LogP contribution is -2.09. The molecule has 1 aromatic heterocycles. The van der Waals surface area contributed by atoms with Gasteiger partial charge in [-0.2, -0.15) is 0 Å². The Hall–Kier alpha value is -2.01. The van der Waals surface area contributed by atoms with Crippen molar-refractivity contribution in [3.05, 3.63) is 42.0 Å². The van der Waals surface area contributed by atoms with E-state index >= 15 is 0 Å². The van der Waals surface area contributed by atoms with Gasteiger partial charge in [-0.1, -0.05) is 6.07 Å². The molecule has 0 amide bonds. The maximum atomic E-state index is 10.4. The van der Waals surface area contributed by atoms with Gasteiger partial charge in [-0.15, -0.1) is 0 Å². The summed E-state index contributed by atoms with van der Waals surface area (Å²) in [4.78, 5) is 4.20. The van der Waals surface area contributed by atoms with Crippen LogP contribution in [0.2, 0.25) is 0 Å². The van der Waals surface area contributed by atoms with Crippen LogP contribution >= 0.6 is 0 Å². The summed E-state index contributed by atoms with van der Waals surface area (Å²) in [5, 5.41) is 10.4. The summed E-state index contributed by atoms with van der Waals surface area (Å²) >= 11 is 0. The van der Waals surface area contributed by atoms with Crippen LogP contribution in [0.15, 0.2) is 30.6 Å². The number of aryl methyl sites for hydroxylation is 1. The van der Waals surface area contributed by atoms with Crippen LogP contribution in [0.25, 0.3) is 0 Å². The van der Waals surface area contributed by atoms with Crippen LogP contribution in [-0.2, 0) is 6.54 Å². The highest BCUT2D eigenvalue weighted by Gasteiger charge is 2.17. The molecule has 0 aliphatic carbocycles. The molecule has 0 radical (unpaired) electrons. The van der Waals surface area contributed by atoms with Crippen molar-refractivity contribution in [1.29, 1.82) is 0 Å². The van der Waals surface area contributed by atoms with Crippen molar-refractivity contribution in [2.24, 2.45) is 0 Å². The van der Waals surface area contributed by atoms with E-state index in [0.29, 0.717) is 17.3 Å². The smallest absolute Gasteiger partial charge is 0.161 e. The molecule has 0 aliphatic rings. The Bertz CT molecular complexity index is 551. The molecule has 5 nitrogen and oxygen atoms in total. The van der Waals surface area contributed by atoms with Gasteiger partial charge >= 0.3 is 0 Å². The van der Waals surface area contributed by atoms with Crippen molar-refractivity contribution in [1.82, 2.24) is 9.55 Å². The second kappa shape index (κ2) is 5.75. The minimum Gasteiger partial charge on any atom is -0.493 e. The van der Waals surface area contributed by atoms with Gasteiger partial charge in [0, 0.05) is 18.9 Å². The number of hydrogen-bond donors (Lipinski definition) is 1. The van der Waals surface area contributed by atoms with Crippen molar-refractivity contribution < 1.29 is 14.6 Å². The standard InChI is InChI=1S/C14H18N2O3/c1-4-16-8-7-15-14(16)13(17)10-5-6-11(18-2)12(9-10)19-3/h5-9,13,17H,4H2,1-3H3/t13-/m0/s1. The van der Waals surface area contributed by atoms with E-state index in [9.17, 15) is 5.11 Å². The van der Waals surface area contributed by atoms with Crippen molar-refractivity contribution >= 4 is 0 Å². The van der Waals surface area contributed by atoms with Crippen LogP contribution in [0.1, 0.15) is 24.4 Å². The first-order valence-electron chi connectivity index (χ1n) is 6.12. The maximum absolute atomic E-state index is 10.4. The Morgan fingerprint density at radius 2 is 2.00 bits per heavy atom. The van der Waals surface area contributed by atoms with Gasteiger partial charge in [0.15, 0.2) is 11.5 Å². The topological polar surface area (TPSA) is 56.5 Å². The first-order chi connectivity index (χ1) is 9.21. The first-order valence-corrected chi connectivity index (χ1v) is 6.12. The predicted octanol–water partition coefficient (Wildman–Crippen LogP) is 2.00. The first kappa shape index (κ1) is 13.4. The SMILES string of the molecule is CCn1ccnc1[C@@H](O)c1ccc(OC)c(OC)c1. The van der Waals surface area contributed by atoms with E-state index in [0.717, 1.165) is 12.1 Å². The zero-order chi connectivity index (χ0) is 13.8. The van der Waals surface area contributed by atoms with E-state index < -0.39 is 6.10 Å². The minimum atomic E-state index is -0.783. The molecule has 0 spiro atoms. The highest BCUT2D eigenvalue weighted by molar-refractivity contribution is 5.44. The summed E-state index contributed by atoms with van der Waals surface area (Å²) in [7, 11) is 3.15. The molecular weight excluding hydrogens is 244 g/mol. The van der Waals surface area contributed by atoms with Crippen molar-refractivity contribution in [3.8, 4) is 11.5 Å². The fraction of sp³-hybridized carbons (Fsp3) is 0.357. The number of aliphatic hydroxyl groups excluding tert-OH is 1. The number of aromatic nitrogens is 2. The molecule has 2 aromatic rings. The molecule has 0 bridgehead atoms.